The van der Waals surface area contributed by atoms with Crippen LogP contribution in [0.4, 0.5) is 22.7 Å². The van der Waals surface area contributed by atoms with Crippen molar-refractivity contribution in [1.82, 2.24) is 4.31 Å². The van der Waals surface area contributed by atoms with Crippen LogP contribution < -0.4 is 15.4 Å². The van der Waals surface area contributed by atoms with Gasteiger partial charge in [0.2, 0.25) is 0 Å². The van der Waals surface area contributed by atoms with Crippen molar-refractivity contribution in [2.45, 2.75) is 96.5 Å². The van der Waals surface area contributed by atoms with Crippen LogP contribution in [0.15, 0.2) is 87.7 Å². The number of carbonyl (C=O) groups excluding carboxylic acids is 2. The largest absolute Gasteiger partial charge is 0.505 e. The molecular formula is C43H48Cl3N5O6S. The highest BCUT2D eigenvalue weighted by molar-refractivity contribution is 7.90. The number of benzene rings is 4. The number of carbonyl (C=O) groups is 2. The van der Waals surface area contributed by atoms with Gasteiger partial charge in [-0.05, 0) is 91.1 Å². The second kappa shape index (κ2) is 17.7. The molecule has 0 bridgehead atoms. The molecule has 0 aromatic heterocycles. The van der Waals surface area contributed by atoms with Crippen molar-refractivity contribution < 1.29 is 27.9 Å². The molecule has 0 radical (unpaired) electrons. The topological polar surface area (TPSA) is 150 Å². The second-order valence-electron chi connectivity index (χ2n) is 15.1. The molecule has 0 saturated heterocycles. The van der Waals surface area contributed by atoms with Crippen molar-refractivity contribution in [1.29, 1.82) is 0 Å². The predicted octanol–water partition coefficient (Wildman–Crippen LogP) is 11.0. The van der Waals surface area contributed by atoms with E-state index in [9.17, 15) is 23.1 Å². The third-order valence-electron chi connectivity index (χ3n) is 10.5. The van der Waals surface area contributed by atoms with Crippen LogP contribution in [0.1, 0.15) is 85.8 Å². The number of rotatable bonds is 14. The summed E-state index contributed by atoms with van der Waals surface area (Å²) < 4.78 is 35.0. The number of amidine groups is 1. The molecule has 11 nitrogen and oxygen atoms in total. The van der Waals surface area contributed by atoms with Gasteiger partial charge in [-0.1, -0.05) is 108 Å². The first kappa shape index (κ1) is 44.5. The van der Waals surface area contributed by atoms with Crippen molar-refractivity contribution in [3.05, 3.63) is 99.0 Å². The van der Waals surface area contributed by atoms with Gasteiger partial charge in [-0.25, -0.2) is 22.7 Å². The molecule has 4 aromatic carbocycles. The van der Waals surface area contributed by atoms with Crippen molar-refractivity contribution in [2.75, 3.05) is 17.2 Å². The second-order valence-corrected chi connectivity index (χ2v) is 18.2. The maximum Gasteiger partial charge on any atom is 0.278 e. The number of para-hydroxylation sites is 1. The standard InChI is InChI=1S/C43H48Cl3N5O6S/c1-9-34(57-35-20-17-25(42(5,6)10-2)21-28(35)43(7,8)11-3)40(53)48-26-18-19-29(44)33(24-26)50-41(54)37(47-27-22-30(45)38(52)31(46)23-27)39-49-32-15-13-14-16-36(32)58(55,56)51(39)12-4/h13-24,34,52H,9-12H2,1-8H3,(H,48,53)(H,50,54). The number of halogens is 3. The molecule has 58 heavy (non-hydrogen) atoms. The Hall–Kier alpha value is -4.62. The molecule has 2 amide bonds. The summed E-state index contributed by atoms with van der Waals surface area (Å²) in [5.41, 5.74) is 2.04. The molecule has 1 unspecified atom stereocenters. The van der Waals surface area contributed by atoms with Crippen LogP contribution in [0.5, 0.6) is 11.5 Å². The number of hydrogen-bond donors (Lipinski definition) is 3. The van der Waals surface area contributed by atoms with Crippen LogP contribution in [0, 0.1) is 0 Å². The van der Waals surface area contributed by atoms with Crippen LogP contribution >= 0.6 is 34.8 Å². The van der Waals surface area contributed by atoms with E-state index in [0.717, 1.165) is 22.7 Å². The van der Waals surface area contributed by atoms with E-state index in [-0.39, 0.29) is 60.2 Å². The van der Waals surface area contributed by atoms with Gasteiger partial charge in [0, 0.05) is 17.8 Å². The Morgan fingerprint density at radius 2 is 1.52 bits per heavy atom. The number of nitrogens with zero attached hydrogens (tertiary/aromatic N) is 3. The predicted molar refractivity (Wildman–Crippen MR) is 235 cm³/mol. The number of amides is 2. The first-order valence-corrected chi connectivity index (χ1v) is 21.6. The van der Waals surface area contributed by atoms with E-state index in [1.54, 1.807) is 25.1 Å². The summed E-state index contributed by atoms with van der Waals surface area (Å²) in [4.78, 5) is 37.1. The van der Waals surface area contributed by atoms with Gasteiger partial charge in [0.1, 0.15) is 10.6 Å². The van der Waals surface area contributed by atoms with Gasteiger partial charge in [0.05, 0.1) is 32.1 Å². The number of fused-ring (bicyclic) bond motifs is 1. The molecule has 5 rings (SSSR count). The molecule has 15 heteroatoms. The van der Waals surface area contributed by atoms with E-state index < -0.39 is 39.4 Å². The van der Waals surface area contributed by atoms with E-state index in [2.05, 4.69) is 74.3 Å². The molecule has 0 fully saturated rings. The summed E-state index contributed by atoms with van der Waals surface area (Å²) in [6.07, 6.45) is 1.32. The number of nitrogens with one attached hydrogen (secondary N) is 2. The molecule has 1 atom stereocenters. The molecular weight excluding hydrogens is 821 g/mol. The lowest BCUT2D eigenvalue weighted by Crippen LogP contribution is -2.46. The van der Waals surface area contributed by atoms with Gasteiger partial charge in [0.25, 0.3) is 21.8 Å². The Kier molecular flexibility index (Phi) is 13.6. The van der Waals surface area contributed by atoms with Crippen LogP contribution in [0.2, 0.25) is 15.1 Å². The van der Waals surface area contributed by atoms with Crippen molar-refractivity contribution in [3.63, 3.8) is 0 Å². The minimum Gasteiger partial charge on any atom is -0.505 e. The summed E-state index contributed by atoms with van der Waals surface area (Å²) in [6.45, 7) is 16.4. The quantitative estimate of drug-likeness (QED) is 0.107. The van der Waals surface area contributed by atoms with Gasteiger partial charge in [-0.15, -0.1) is 0 Å². The molecule has 1 aliphatic rings. The van der Waals surface area contributed by atoms with E-state index in [1.807, 2.05) is 13.0 Å². The highest BCUT2D eigenvalue weighted by Gasteiger charge is 2.38. The minimum absolute atomic E-state index is 0.0277. The van der Waals surface area contributed by atoms with Crippen molar-refractivity contribution in [2.24, 2.45) is 9.98 Å². The smallest absolute Gasteiger partial charge is 0.278 e. The number of aliphatic imine (C=N–C) groups is 2. The molecule has 0 saturated carbocycles. The number of anilines is 2. The van der Waals surface area contributed by atoms with E-state index >= 15 is 0 Å². The zero-order valence-electron chi connectivity index (χ0n) is 33.7. The van der Waals surface area contributed by atoms with Crippen molar-refractivity contribution in [3.8, 4) is 11.5 Å². The SMILES string of the molecule is CCC(Oc1ccc(C(C)(C)CC)cc1C(C)(C)CC)C(=O)Nc1ccc(Cl)c(NC(=O)C(=Nc2cc(Cl)c(O)c(Cl)c2)C2=Nc3ccccc3S(=O)(=O)N2CC)c1. The van der Waals surface area contributed by atoms with Crippen LogP contribution in [-0.4, -0.2) is 53.8 Å². The summed E-state index contributed by atoms with van der Waals surface area (Å²) in [5.74, 6) is -1.35. The van der Waals surface area contributed by atoms with Gasteiger partial charge in [-0.2, -0.15) is 0 Å². The Morgan fingerprint density at radius 3 is 2.14 bits per heavy atom. The Bertz CT molecular complexity index is 2390. The Morgan fingerprint density at radius 1 is 0.862 bits per heavy atom. The van der Waals surface area contributed by atoms with Crippen LogP contribution in [0.3, 0.4) is 0 Å². The number of ether oxygens (including phenoxy) is 1. The average molecular weight is 869 g/mol. The first-order chi connectivity index (χ1) is 27.3. The van der Waals surface area contributed by atoms with Crippen LogP contribution in [0.25, 0.3) is 0 Å². The van der Waals surface area contributed by atoms with E-state index in [4.69, 9.17) is 39.5 Å². The third kappa shape index (κ3) is 9.31. The minimum atomic E-state index is -4.17. The molecule has 1 aliphatic heterocycles. The summed E-state index contributed by atoms with van der Waals surface area (Å²) >= 11 is 19.0. The van der Waals surface area contributed by atoms with Gasteiger partial charge < -0.3 is 20.5 Å². The zero-order chi connectivity index (χ0) is 42.7. The number of hydrogen-bond acceptors (Lipinski definition) is 8. The monoisotopic (exact) mass is 867 g/mol. The molecule has 4 aromatic rings. The molecule has 3 N–H and O–H groups in total. The lowest BCUT2D eigenvalue weighted by molar-refractivity contribution is -0.122. The average Bonchev–Trinajstić information content (AvgIpc) is 3.18. The fourth-order valence-corrected chi connectivity index (χ4v) is 8.37. The van der Waals surface area contributed by atoms with Gasteiger partial charge >= 0.3 is 0 Å². The number of aromatic hydroxyl groups is 1. The molecule has 308 valence electrons. The highest BCUT2D eigenvalue weighted by atomic mass is 35.5. The van der Waals surface area contributed by atoms with E-state index in [0.29, 0.717) is 17.9 Å². The van der Waals surface area contributed by atoms with E-state index in [1.165, 1.54) is 42.0 Å². The summed E-state index contributed by atoms with van der Waals surface area (Å²) in [5, 5.41) is 15.6. The zero-order valence-corrected chi connectivity index (χ0v) is 36.8. The number of phenolic OH excluding ortho intramolecular Hbond substituents is 1. The lowest BCUT2D eigenvalue weighted by Gasteiger charge is -2.31. The highest BCUT2D eigenvalue weighted by Crippen LogP contribution is 2.40. The normalized spacial score (nSPS) is 14.6. The summed E-state index contributed by atoms with van der Waals surface area (Å²) in [6, 6.07) is 19.4. The number of sulfonamides is 1. The fourth-order valence-electron chi connectivity index (χ4n) is 6.16. The molecule has 0 aliphatic carbocycles. The summed E-state index contributed by atoms with van der Waals surface area (Å²) in [7, 11) is -4.17. The van der Waals surface area contributed by atoms with Gasteiger partial charge in [-0.3, -0.25) is 9.59 Å². The first-order valence-electron chi connectivity index (χ1n) is 19.0. The maximum absolute atomic E-state index is 14.3. The Balaban J connectivity index is 1.48. The third-order valence-corrected chi connectivity index (χ3v) is 13.3. The maximum atomic E-state index is 14.3. The Labute approximate surface area is 355 Å². The fraction of sp³-hybridized carbons (Fsp3) is 0.349. The molecule has 1 heterocycles. The lowest BCUT2D eigenvalue weighted by atomic mass is 9.76. The van der Waals surface area contributed by atoms with Gasteiger partial charge in [0.15, 0.2) is 23.4 Å². The van der Waals surface area contributed by atoms with Crippen LogP contribution in [-0.2, 0) is 30.4 Å². The number of phenols is 1. The molecule has 0 spiro atoms. The van der Waals surface area contributed by atoms with Crippen molar-refractivity contribution >= 4 is 90.9 Å².